The van der Waals surface area contributed by atoms with E-state index in [1.807, 2.05) is 0 Å². The van der Waals surface area contributed by atoms with Crippen LogP contribution in [-0.4, -0.2) is 23.7 Å². The summed E-state index contributed by atoms with van der Waals surface area (Å²) in [5.41, 5.74) is 2.45. The van der Waals surface area contributed by atoms with E-state index in [0.717, 1.165) is 29.1 Å². The van der Waals surface area contributed by atoms with Crippen LogP contribution in [0.15, 0.2) is 29.4 Å². The lowest BCUT2D eigenvalue weighted by atomic mass is 9.78. The fourth-order valence-corrected chi connectivity index (χ4v) is 3.84. The van der Waals surface area contributed by atoms with Gasteiger partial charge in [0.15, 0.2) is 5.13 Å². The Hall–Kier alpha value is -1.92. The number of thiazole rings is 1. The van der Waals surface area contributed by atoms with Gasteiger partial charge >= 0.3 is 0 Å². The first-order chi connectivity index (χ1) is 11.4. The quantitative estimate of drug-likeness (QED) is 0.823. The van der Waals surface area contributed by atoms with Crippen molar-refractivity contribution in [3.05, 3.63) is 45.4 Å². The number of anilines is 1. The molecule has 0 unspecified atom stereocenters. The molecule has 2 aromatic rings. The normalized spacial score (nSPS) is 17.4. The van der Waals surface area contributed by atoms with Crippen LogP contribution in [0.5, 0.6) is 0 Å². The van der Waals surface area contributed by atoms with Gasteiger partial charge in [-0.3, -0.25) is 10.1 Å². The van der Waals surface area contributed by atoms with Crippen LogP contribution in [0.25, 0.3) is 0 Å². The van der Waals surface area contributed by atoms with Gasteiger partial charge < -0.3 is 4.84 Å². The van der Waals surface area contributed by atoms with Gasteiger partial charge in [0.25, 0.3) is 5.91 Å². The Morgan fingerprint density at radius 1 is 1.33 bits per heavy atom. The largest absolute Gasteiger partial charge is 0.399 e. The van der Waals surface area contributed by atoms with Crippen molar-refractivity contribution in [3.8, 4) is 0 Å². The second kappa shape index (κ2) is 6.53. The lowest BCUT2D eigenvalue weighted by molar-refractivity contribution is 0.102. The van der Waals surface area contributed by atoms with Gasteiger partial charge in [0.1, 0.15) is 7.11 Å². The average Bonchev–Trinajstić information content (AvgIpc) is 2.89. The summed E-state index contributed by atoms with van der Waals surface area (Å²) in [6, 6.07) is 6.75. The lowest BCUT2D eigenvalue weighted by Gasteiger charge is -2.28. The van der Waals surface area contributed by atoms with Gasteiger partial charge in [-0.05, 0) is 42.5 Å². The smallest absolute Gasteiger partial charge is 0.257 e. The predicted octanol–water partition coefficient (Wildman–Crippen LogP) is 4.37. The lowest BCUT2D eigenvalue weighted by Crippen LogP contribution is -2.26. The average molecular weight is 364 g/mol. The topological polar surface area (TPSA) is 63.6 Å². The molecule has 24 heavy (non-hydrogen) atoms. The Kier molecular flexibility index (Phi) is 4.60. The maximum atomic E-state index is 12.3. The van der Waals surface area contributed by atoms with Crippen molar-refractivity contribution >= 4 is 39.7 Å². The summed E-state index contributed by atoms with van der Waals surface area (Å²) in [7, 11) is 1.54. The van der Waals surface area contributed by atoms with Crippen molar-refractivity contribution in [2.24, 2.45) is 10.6 Å². The van der Waals surface area contributed by atoms with Gasteiger partial charge in [-0.1, -0.05) is 41.9 Å². The van der Waals surface area contributed by atoms with E-state index >= 15 is 0 Å². The zero-order valence-corrected chi connectivity index (χ0v) is 15.3. The molecule has 1 heterocycles. The molecule has 1 amide bonds. The Morgan fingerprint density at radius 3 is 2.71 bits per heavy atom. The van der Waals surface area contributed by atoms with Crippen LogP contribution in [0.1, 0.15) is 41.2 Å². The molecule has 0 atom stereocenters. The third-order valence-electron chi connectivity index (χ3n) is 3.78. The Balaban J connectivity index is 1.85. The summed E-state index contributed by atoms with van der Waals surface area (Å²) in [6.45, 7) is 4.35. The van der Waals surface area contributed by atoms with Crippen LogP contribution in [0.2, 0.25) is 5.02 Å². The maximum absolute atomic E-state index is 12.3. The number of carbonyl (C=O) groups excluding carboxylic acids is 1. The number of fused-ring (bicyclic) bond motifs is 1. The van der Waals surface area contributed by atoms with E-state index in [4.69, 9.17) is 16.4 Å². The van der Waals surface area contributed by atoms with E-state index in [2.05, 4.69) is 29.3 Å². The van der Waals surface area contributed by atoms with Crippen LogP contribution in [0.4, 0.5) is 5.13 Å². The summed E-state index contributed by atoms with van der Waals surface area (Å²) in [4.78, 5) is 22.9. The van der Waals surface area contributed by atoms with Gasteiger partial charge in [-0.2, -0.15) is 0 Å². The molecule has 1 aliphatic rings. The molecular formula is C17H18ClN3O2S. The van der Waals surface area contributed by atoms with E-state index in [9.17, 15) is 4.79 Å². The van der Waals surface area contributed by atoms with Crippen molar-refractivity contribution in [2.75, 3.05) is 12.4 Å². The third kappa shape index (κ3) is 3.60. The Labute approximate surface area is 149 Å². The molecule has 1 aromatic heterocycles. The number of nitrogens with zero attached hydrogens (tertiary/aromatic N) is 2. The van der Waals surface area contributed by atoms with Crippen LogP contribution in [-0.2, 0) is 11.3 Å². The minimum absolute atomic E-state index is 0.0654. The molecular weight excluding hydrogens is 346 g/mol. The van der Waals surface area contributed by atoms with Gasteiger partial charge in [-0.25, -0.2) is 4.98 Å². The van der Waals surface area contributed by atoms with Crippen LogP contribution >= 0.6 is 22.9 Å². The summed E-state index contributed by atoms with van der Waals surface area (Å²) in [5.74, 6) is -0.206. The van der Waals surface area contributed by atoms with E-state index < -0.39 is 0 Å². The van der Waals surface area contributed by atoms with Crippen molar-refractivity contribution < 1.29 is 9.63 Å². The number of hydrogen-bond donors (Lipinski definition) is 1. The van der Waals surface area contributed by atoms with Crippen molar-refractivity contribution in [3.63, 3.8) is 0 Å². The minimum atomic E-state index is -0.206. The molecule has 3 rings (SSSR count). The van der Waals surface area contributed by atoms with Gasteiger partial charge in [0.2, 0.25) is 0 Å². The fourth-order valence-electron chi connectivity index (χ4n) is 2.75. The SMILES string of the molecule is CO/N=C1\CC(C)(C)Cc2nc(NC(=O)c3ccc(Cl)cc3)sc21. The van der Waals surface area contributed by atoms with Gasteiger partial charge in [0, 0.05) is 10.6 Å². The number of rotatable bonds is 3. The summed E-state index contributed by atoms with van der Waals surface area (Å²) >= 11 is 7.28. The summed E-state index contributed by atoms with van der Waals surface area (Å²) < 4.78 is 0. The number of amides is 1. The molecule has 1 aromatic carbocycles. The molecule has 0 saturated carbocycles. The van der Waals surface area contributed by atoms with Crippen molar-refractivity contribution in [1.29, 1.82) is 0 Å². The Morgan fingerprint density at radius 2 is 2.04 bits per heavy atom. The first kappa shape index (κ1) is 16.9. The van der Waals surface area contributed by atoms with Gasteiger partial charge in [0.05, 0.1) is 16.3 Å². The van der Waals surface area contributed by atoms with Crippen LogP contribution < -0.4 is 5.32 Å². The van der Waals surface area contributed by atoms with E-state index in [0.29, 0.717) is 15.7 Å². The highest BCUT2D eigenvalue weighted by molar-refractivity contribution is 7.18. The van der Waals surface area contributed by atoms with Crippen molar-refractivity contribution in [1.82, 2.24) is 4.98 Å². The molecule has 126 valence electrons. The monoisotopic (exact) mass is 363 g/mol. The van der Waals surface area contributed by atoms with Gasteiger partial charge in [-0.15, -0.1) is 0 Å². The number of oxime groups is 1. The second-order valence-corrected chi connectivity index (χ2v) is 7.93. The minimum Gasteiger partial charge on any atom is -0.399 e. The van der Waals surface area contributed by atoms with Crippen LogP contribution in [0, 0.1) is 5.41 Å². The zero-order chi connectivity index (χ0) is 17.3. The van der Waals surface area contributed by atoms with E-state index in [-0.39, 0.29) is 11.3 Å². The first-order valence-corrected chi connectivity index (χ1v) is 8.74. The summed E-state index contributed by atoms with van der Waals surface area (Å²) in [5, 5.41) is 8.16. The highest BCUT2D eigenvalue weighted by Crippen LogP contribution is 2.39. The standard InChI is InChI=1S/C17H18ClN3O2S/c1-17(2)8-12-14(13(9-17)21-23-3)24-16(19-12)20-15(22)10-4-6-11(18)7-5-10/h4-7H,8-9H2,1-3H3,(H,19,20,22)/b21-13+. The molecule has 0 saturated heterocycles. The molecule has 1 aliphatic carbocycles. The molecule has 0 bridgehead atoms. The molecule has 0 aliphatic heterocycles. The number of carbonyl (C=O) groups is 1. The predicted molar refractivity (Wildman–Crippen MR) is 97.2 cm³/mol. The maximum Gasteiger partial charge on any atom is 0.257 e. The van der Waals surface area contributed by atoms with Crippen LogP contribution in [0.3, 0.4) is 0 Å². The number of nitrogens with one attached hydrogen (secondary N) is 1. The van der Waals surface area contributed by atoms with E-state index in [1.54, 1.807) is 31.4 Å². The number of halogens is 1. The summed E-state index contributed by atoms with van der Waals surface area (Å²) in [6.07, 6.45) is 1.67. The zero-order valence-electron chi connectivity index (χ0n) is 13.7. The van der Waals surface area contributed by atoms with E-state index in [1.165, 1.54) is 11.3 Å². The first-order valence-electron chi connectivity index (χ1n) is 7.55. The fraction of sp³-hybridized carbons (Fsp3) is 0.353. The highest BCUT2D eigenvalue weighted by atomic mass is 35.5. The van der Waals surface area contributed by atoms with Crippen molar-refractivity contribution in [2.45, 2.75) is 26.7 Å². The molecule has 0 fully saturated rings. The molecule has 1 N–H and O–H groups in total. The molecule has 0 spiro atoms. The molecule has 5 nitrogen and oxygen atoms in total. The number of aromatic nitrogens is 1. The number of hydrogen-bond acceptors (Lipinski definition) is 5. The Bertz CT molecular complexity index is 797. The molecule has 0 radical (unpaired) electrons. The highest BCUT2D eigenvalue weighted by Gasteiger charge is 2.33. The number of benzene rings is 1. The third-order valence-corrected chi connectivity index (χ3v) is 5.09. The molecule has 7 heteroatoms. The second-order valence-electron chi connectivity index (χ2n) is 6.49.